The van der Waals surface area contributed by atoms with E-state index in [2.05, 4.69) is 50.4 Å². The van der Waals surface area contributed by atoms with Gasteiger partial charge in [0, 0.05) is 5.56 Å². The lowest BCUT2D eigenvalue weighted by molar-refractivity contribution is -0.885. The van der Waals surface area contributed by atoms with Crippen LogP contribution in [0.5, 0.6) is 0 Å². The zero-order valence-electron chi connectivity index (χ0n) is 15.2. The third kappa shape index (κ3) is 5.41. The van der Waals surface area contributed by atoms with E-state index in [1.807, 2.05) is 7.05 Å². The summed E-state index contributed by atoms with van der Waals surface area (Å²) < 4.78 is 0. The van der Waals surface area contributed by atoms with Gasteiger partial charge in [-0.3, -0.25) is 9.59 Å². The Kier molecular flexibility index (Phi) is 5.98. The number of hydrogen-bond acceptors (Lipinski definition) is 3. The number of likely N-dealkylation sites (N-methyl/N-ethyl adjacent to an activating group) is 1. The molecule has 0 fully saturated rings. The number of anilines is 1. The minimum Gasteiger partial charge on any atom is -0.366 e. The van der Waals surface area contributed by atoms with Crippen molar-refractivity contribution in [2.24, 2.45) is 5.73 Å². The smallest absolute Gasteiger partial charge is 0.280 e. The number of quaternary nitrogens is 1. The molecule has 0 bridgehead atoms. The number of hydrogen-bond donors (Lipinski definition) is 3. The van der Waals surface area contributed by atoms with Crippen molar-refractivity contribution in [2.75, 3.05) is 18.9 Å². The van der Waals surface area contributed by atoms with E-state index in [0.717, 1.165) is 11.4 Å². The van der Waals surface area contributed by atoms with Crippen molar-refractivity contribution in [1.29, 1.82) is 0 Å². The Hall–Kier alpha value is -2.18. The van der Waals surface area contributed by atoms with Crippen molar-refractivity contribution in [3.8, 4) is 0 Å². The van der Waals surface area contributed by atoms with Gasteiger partial charge in [-0.25, -0.2) is 0 Å². The molecule has 1 aromatic heterocycles. The van der Waals surface area contributed by atoms with E-state index in [0.29, 0.717) is 17.1 Å². The van der Waals surface area contributed by atoms with Crippen LogP contribution in [0.25, 0.3) is 0 Å². The van der Waals surface area contributed by atoms with Gasteiger partial charge in [0.1, 0.15) is 11.5 Å². The molecule has 0 radical (unpaired) electrons. The number of amides is 2. The number of benzene rings is 1. The molecule has 0 saturated heterocycles. The van der Waals surface area contributed by atoms with Crippen molar-refractivity contribution in [3.63, 3.8) is 0 Å². The number of rotatable bonds is 6. The average molecular weight is 361 g/mol. The molecule has 0 saturated carbocycles. The normalized spacial score (nSPS) is 12.6. The second-order valence-electron chi connectivity index (χ2n) is 7.33. The van der Waals surface area contributed by atoms with E-state index >= 15 is 0 Å². The molecule has 6 heteroatoms. The Morgan fingerprint density at radius 2 is 1.80 bits per heavy atom. The highest BCUT2D eigenvalue weighted by Gasteiger charge is 2.16. The second-order valence-corrected chi connectivity index (χ2v) is 8.25. The van der Waals surface area contributed by atoms with Gasteiger partial charge in [0.2, 0.25) is 0 Å². The van der Waals surface area contributed by atoms with Gasteiger partial charge in [-0.2, -0.15) is 0 Å². The maximum Gasteiger partial charge on any atom is 0.280 e. The average Bonchev–Trinajstić information content (AvgIpc) is 2.94. The summed E-state index contributed by atoms with van der Waals surface area (Å²) in [7, 11) is 1.97. The summed E-state index contributed by atoms with van der Waals surface area (Å²) in [5.41, 5.74) is 8.26. The summed E-state index contributed by atoms with van der Waals surface area (Å²) in [4.78, 5) is 24.6. The van der Waals surface area contributed by atoms with Crippen molar-refractivity contribution >= 4 is 28.2 Å². The molecule has 2 rings (SSSR count). The van der Waals surface area contributed by atoms with E-state index in [1.165, 1.54) is 22.5 Å². The number of nitrogens with one attached hydrogen (secondary N) is 2. The molecule has 1 aromatic carbocycles. The first-order valence-electron chi connectivity index (χ1n) is 8.24. The van der Waals surface area contributed by atoms with E-state index in [-0.39, 0.29) is 11.3 Å². The van der Waals surface area contributed by atoms with Crippen LogP contribution in [0.2, 0.25) is 0 Å². The lowest BCUT2D eigenvalue weighted by atomic mass is 9.87. The highest BCUT2D eigenvalue weighted by molar-refractivity contribution is 7.14. The maximum absolute atomic E-state index is 12.2. The predicted molar refractivity (Wildman–Crippen MR) is 102 cm³/mol. The summed E-state index contributed by atoms with van der Waals surface area (Å²) in [5, 5.41) is 5.03. The van der Waals surface area contributed by atoms with Crippen LogP contribution in [0.15, 0.2) is 35.7 Å². The van der Waals surface area contributed by atoms with Crippen LogP contribution in [0.3, 0.4) is 0 Å². The fourth-order valence-corrected chi connectivity index (χ4v) is 3.39. The fourth-order valence-electron chi connectivity index (χ4n) is 2.58. The summed E-state index contributed by atoms with van der Waals surface area (Å²) in [6.07, 6.45) is 0. The first kappa shape index (κ1) is 19.1. The Bertz CT molecular complexity index is 745. The van der Waals surface area contributed by atoms with Crippen LogP contribution in [0.4, 0.5) is 5.00 Å². The molecule has 1 unspecified atom stereocenters. The lowest BCUT2D eigenvalue weighted by Gasteiger charge is -2.19. The molecule has 5 nitrogen and oxygen atoms in total. The van der Waals surface area contributed by atoms with Gasteiger partial charge < -0.3 is 16.0 Å². The quantitative estimate of drug-likeness (QED) is 0.735. The topological polar surface area (TPSA) is 76.6 Å². The third-order valence-electron chi connectivity index (χ3n) is 3.97. The van der Waals surface area contributed by atoms with E-state index in [4.69, 9.17) is 5.73 Å². The molecule has 4 N–H and O–H groups in total. The largest absolute Gasteiger partial charge is 0.366 e. The number of carbonyl (C=O) groups is 2. The molecule has 2 amide bonds. The molecule has 1 atom stereocenters. The molecule has 0 aliphatic carbocycles. The van der Waals surface area contributed by atoms with Crippen LogP contribution in [-0.2, 0) is 16.8 Å². The summed E-state index contributed by atoms with van der Waals surface area (Å²) in [5.74, 6) is -0.662. The summed E-state index contributed by atoms with van der Waals surface area (Å²) in [6.45, 7) is 7.64. The number of primary amides is 1. The van der Waals surface area contributed by atoms with Crippen LogP contribution in [0.1, 0.15) is 42.3 Å². The Morgan fingerprint density at radius 3 is 2.36 bits per heavy atom. The Balaban J connectivity index is 1.91. The molecular formula is C19H26N3O2S+. The van der Waals surface area contributed by atoms with Crippen molar-refractivity contribution < 1.29 is 14.5 Å². The minimum atomic E-state index is -0.531. The SMILES string of the molecule is C[NH+](CC(=O)Nc1sccc1C(N)=O)Cc1ccc(C(C)(C)C)cc1. The summed E-state index contributed by atoms with van der Waals surface area (Å²) >= 11 is 1.30. The van der Waals surface area contributed by atoms with Gasteiger partial charge >= 0.3 is 0 Å². The lowest BCUT2D eigenvalue weighted by Crippen LogP contribution is -3.08. The van der Waals surface area contributed by atoms with E-state index < -0.39 is 5.91 Å². The van der Waals surface area contributed by atoms with Crippen molar-refractivity contribution in [2.45, 2.75) is 32.7 Å². The molecule has 0 spiro atoms. The van der Waals surface area contributed by atoms with Crippen LogP contribution >= 0.6 is 11.3 Å². The van der Waals surface area contributed by atoms with Gasteiger partial charge in [-0.15, -0.1) is 11.3 Å². The monoisotopic (exact) mass is 360 g/mol. The van der Waals surface area contributed by atoms with Gasteiger partial charge in [0.05, 0.1) is 12.6 Å². The Labute approximate surface area is 152 Å². The zero-order chi connectivity index (χ0) is 18.6. The zero-order valence-corrected chi connectivity index (χ0v) is 16.0. The highest BCUT2D eigenvalue weighted by Crippen LogP contribution is 2.23. The van der Waals surface area contributed by atoms with Crippen LogP contribution in [-0.4, -0.2) is 25.4 Å². The molecule has 25 heavy (non-hydrogen) atoms. The van der Waals surface area contributed by atoms with Gasteiger partial charge in [0.25, 0.3) is 11.8 Å². The summed E-state index contributed by atoms with van der Waals surface area (Å²) in [6, 6.07) is 10.1. The van der Waals surface area contributed by atoms with Gasteiger partial charge in [0.15, 0.2) is 6.54 Å². The molecule has 0 aliphatic rings. The molecule has 134 valence electrons. The maximum atomic E-state index is 12.2. The first-order chi connectivity index (χ1) is 11.7. The Morgan fingerprint density at radius 1 is 1.16 bits per heavy atom. The predicted octanol–water partition coefficient (Wildman–Crippen LogP) is 1.80. The molecule has 0 aliphatic heterocycles. The second kappa shape index (κ2) is 7.80. The fraction of sp³-hybridized carbons (Fsp3) is 0.368. The number of thiophene rings is 1. The standard InChI is InChI=1S/C19H25N3O2S/c1-19(2,3)14-7-5-13(6-8-14)11-22(4)12-16(23)21-18-15(17(20)24)9-10-25-18/h5-10H,11-12H2,1-4H3,(H2,20,24)(H,21,23)/p+1. The minimum absolute atomic E-state index is 0.131. The van der Waals surface area contributed by atoms with Crippen LogP contribution < -0.4 is 16.0 Å². The molecule has 1 heterocycles. The van der Waals surface area contributed by atoms with Crippen molar-refractivity contribution in [1.82, 2.24) is 0 Å². The van der Waals surface area contributed by atoms with Crippen molar-refractivity contribution in [3.05, 3.63) is 52.4 Å². The van der Waals surface area contributed by atoms with Gasteiger partial charge in [-0.05, 0) is 22.4 Å². The van der Waals surface area contributed by atoms with E-state index in [9.17, 15) is 9.59 Å². The number of carbonyl (C=O) groups excluding carboxylic acids is 2. The number of nitrogens with two attached hydrogens (primary N) is 1. The third-order valence-corrected chi connectivity index (χ3v) is 4.80. The highest BCUT2D eigenvalue weighted by atomic mass is 32.1. The molecular weight excluding hydrogens is 334 g/mol. The van der Waals surface area contributed by atoms with Crippen LogP contribution in [0, 0.1) is 0 Å². The molecule has 2 aromatic rings. The van der Waals surface area contributed by atoms with Gasteiger partial charge in [-0.1, -0.05) is 45.0 Å². The van der Waals surface area contributed by atoms with E-state index in [1.54, 1.807) is 11.4 Å². The first-order valence-corrected chi connectivity index (χ1v) is 9.12.